The molecule has 49 heavy (non-hydrogen) atoms. The van der Waals surface area contributed by atoms with Crippen molar-refractivity contribution in [3.63, 3.8) is 0 Å². The van der Waals surface area contributed by atoms with Gasteiger partial charge in [0.1, 0.15) is 6.04 Å². The average molecular weight is 719 g/mol. The number of nitrogens with zero attached hydrogens (tertiary/aromatic N) is 3. The highest BCUT2D eigenvalue weighted by atomic mass is 35.5. The van der Waals surface area contributed by atoms with Crippen molar-refractivity contribution >= 4 is 35.6 Å². The molecule has 0 bridgehead atoms. The van der Waals surface area contributed by atoms with E-state index in [1.54, 1.807) is 0 Å². The van der Waals surface area contributed by atoms with Gasteiger partial charge in [0.05, 0.1) is 11.8 Å². The summed E-state index contributed by atoms with van der Waals surface area (Å²) in [4.78, 5) is 40.9. The van der Waals surface area contributed by atoms with Gasteiger partial charge in [0.2, 0.25) is 11.8 Å². The molecule has 0 aromatic heterocycles. The molecule has 2 heterocycles. The Kier molecular flexibility index (Phi) is 13.6. The molecule has 5 fully saturated rings. The summed E-state index contributed by atoms with van der Waals surface area (Å²) in [6.45, 7) is 3.33. The summed E-state index contributed by atoms with van der Waals surface area (Å²) < 4.78 is 40.4. The molecule has 0 aromatic carbocycles. The maximum atomic E-state index is 13.7. The molecule has 3 aliphatic carbocycles. The van der Waals surface area contributed by atoms with Gasteiger partial charge >= 0.3 is 12.1 Å². The number of rotatable bonds is 11. The van der Waals surface area contributed by atoms with E-state index in [2.05, 4.69) is 31.7 Å². The van der Waals surface area contributed by atoms with Crippen molar-refractivity contribution in [2.75, 3.05) is 26.2 Å². The van der Waals surface area contributed by atoms with Gasteiger partial charge in [0.15, 0.2) is 0 Å². The Morgan fingerprint density at radius 1 is 1.00 bits per heavy atom. The molecule has 5 aliphatic rings. The molecule has 0 radical (unpaired) electrons. The number of hydrogen-bond acceptors (Lipinski definition) is 9. The van der Waals surface area contributed by atoms with E-state index in [9.17, 15) is 27.6 Å². The highest BCUT2D eigenvalue weighted by molar-refractivity contribution is 6.20. The van der Waals surface area contributed by atoms with Gasteiger partial charge in [-0.2, -0.15) is 23.8 Å². The lowest BCUT2D eigenvalue weighted by Crippen LogP contribution is -2.54. The fourth-order valence-electron chi connectivity index (χ4n) is 8.66. The van der Waals surface area contributed by atoms with Gasteiger partial charge in [0, 0.05) is 48.7 Å². The van der Waals surface area contributed by atoms with Crippen molar-refractivity contribution in [1.29, 1.82) is 0 Å². The van der Waals surface area contributed by atoms with Crippen molar-refractivity contribution < 1.29 is 32.7 Å². The molecule has 7 N–H and O–H groups in total. The molecule has 278 valence electrons. The van der Waals surface area contributed by atoms with E-state index < -0.39 is 41.3 Å². The minimum absolute atomic E-state index is 0.0405. The zero-order valence-electron chi connectivity index (χ0n) is 28.2. The van der Waals surface area contributed by atoms with Crippen LogP contribution < -0.4 is 27.4 Å². The summed E-state index contributed by atoms with van der Waals surface area (Å²) >= 11 is 5.98. The lowest BCUT2D eigenvalue weighted by Gasteiger charge is -2.42. The van der Waals surface area contributed by atoms with Gasteiger partial charge in [-0.3, -0.25) is 14.4 Å². The number of nitrogens with two attached hydrogens (primary N) is 1. The normalized spacial score (nSPS) is 36.0. The zero-order chi connectivity index (χ0) is 35.1. The highest BCUT2D eigenvalue weighted by Crippen LogP contribution is 2.42. The molecule has 3 saturated carbocycles. The number of aliphatic carboxylic acids is 1. The van der Waals surface area contributed by atoms with Crippen LogP contribution in [-0.2, 0) is 14.4 Å². The number of nitrogens with one attached hydrogen (secondary N) is 4. The number of carbonyl (C=O) groups excluding carboxylic acids is 2. The maximum Gasteiger partial charge on any atom is 0.393 e. The van der Waals surface area contributed by atoms with Crippen LogP contribution in [0.3, 0.4) is 0 Å². The number of amides is 2. The fraction of sp³-hybridized carbons (Fsp3) is 0.879. The van der Waals surface area contributed by atoms with Gasteiger partial charge < -0.3 is 21.1 Å². The van der Waals surface area contributed by atoms with Crippen LogP contribution in [0.2, 0.25) is 0 Å². The summed E-state index contributed by atoms with van der Waals surface area (Å²) in [7, 11) is 0. The van der Waals surface area contributed by atoms with Crippen LogP contribution in [0.5, 0.6) is 0 Å². The molecule has 2 saturated heterocycles. The highest BCUT2D eigenvalue weighted by Gasteiger charge is 2.47. The van der Waals surface area contributed by atoms with Crippen LogP contribution in [0, 0.1) is 29.6 Å². The van der Waals surface area contributed by atoms with Gasteiger partial charge in [-0.1, -0.05) is 12.8 Å². The topological polar surface area (TPSA) is 164 Å². The third-order valence-corrected chi connectivity index (χ3v) is 12.0. The van der Waals surface area contributed by atoms with E-state index in [0.717, 1.165) is 64.6 Å². The van der Waals surface area contributed by atoms with E-state index in [-0.39, 0.29) is 54.6 Å². The van der Waals surface area contributed by atoms with Crippen LogP contribution in [0.4, 0.5) is 13.2 Å². The van der Waals surface area contributed by atoms with Gasteiger partial charge in [-0.25, -0.2) is 15.9 Å². The van der Waals surface area contributed by atoms with E-state index >= 15 is 0 Å². The van der Waals surface area contributed by atoms with Crippen molar-refractivity contribution in [1.82, 2.24) is 31.6 Å². The molecule has 0 aromatic rings. The second-order valence-corrected chi connectivity index (χ2v) is 15.6. The molecule has 0 spiro atoms. The van der Waals surface area contributed by atoms with E-state index in [1.165, 1.54) is 12.6 Å². The molecule has 10 atom stereocenters. The number of hydrazone groups is 1. The first-order valence-electron chi connectivity index (χ1n) is 18.2. The number of likely N-dealkylation sites (tertiary alicyclic amines) is 1. The smallest absolute Gasteiger partial charge is 0.393 e. The minimum atomic E-state index is -4.37. The second kappa shape index (κ2) is 17.5. The lowest BCUT2D eigenvalue weighted by atomic mass is 9.78. The number of piperidine rings is 1. The Morgan fingerprint density at radius 3 is 2.51 bits per heavy atom. The Labute approximate surface area is 291 Å². The monoisotopic (exact) mass is 718 g/mol. The molecule has 2 amide bonds. The molecular weight excluding hydrogens is 665 g/mol. The van der Waals surface area contributed by atoms with Crippen LogP contribution >= 0.6 is 11.6 Å². The van der Waals surface area contributed by atoms with Gasteiger partial charge in [-0.15, -0.1) is 11.6 Å². The number of halogens is 4. The SMILES string of the molecule is NC(CC1CN(CC2CCCC(C(=O)NC3CCC(N4CCCCC4)CC3C(=O)N/N=C/C3CCC(Cl)C(C(F)(F)F)C3)C2)NN1)C(=O)O. The lowest BCUT2D eigenvalue weighted by molar-refractivity contribution is -0.182. The molecule has 10 unspecified atom stereocenters. The Hall–Kier alpha value is -2.04. The summed E-state index contributed by atoms with van der Waals surface area (Å²) in [5, 5.41) is 17.6. The van der Waals surface area contributed by atoms with E-state index in [4.69, 9.17) is 22.4 Å². The van der Waals surface area contributed by atoms with Crippen LogP contribution in [0.25, 0.3) is 0 Å². The largest absolute Gasteiger partial charge is 0.480 e. The van der Waals surface area contributed by atoms with E-state index in [0.29, 0.717) is 32.2 Å². The average Bonchev–Trinajstić information content (AvgIpc) is 3.51. The van der Waals surface area contributed by atoms with Gasteiger partial charge in [0.25, 0.3) is 0 Å². The number of hydrazine groups is 2. The summed E-state index contributed by atoms with van der Waals surface area (Å²) in [6.07, 6.45) is 6.92. The maximum absolute atomic E-state index is 13.7. The Morgan fingerprint density at radius 2 is 1.78 bits per heavy atom. The molecular formula is C33H54ClF3N8O4. The number of alkyl halides is 4. The van der Waals surface area contributed by atoms with Crippen LogP contribution in [0.15, 0.2) is 5.10 Å². The summed E-state index contributed by atoms with van der Waals surface area (Å²) in [5.41, 5.74) is 14.6. The molecule has 5 rings (SSSR count). The predicted molar refractivity (Wildman–Crippen MR) is 179 cm³/mol. The third kappa shape index (κ3) is 10.7. The first kappa shape index (κ1) is 38.2. The Balaban J connectivity index is 1.16. The predicted octanol–water partition coefficient (Wildman–Crippen LogP) is 3.12. The van der Waals surface area contributed by atoms with E-state index in [1.807, 2.05) is 5.01 Å². The third-order valence-electron chi connectivity index (χ3n) is 11.4. The summed E-state index contributed by atoms with van der Waals surface area (Å²) in [6, 6.07) is -1.14. The Bertz CT molecular complexity index is 1160. The number of carbonyl (C=O) groups is 3. The minimum Gasteiger partial charge on any atom is -0.480 e. The number of carboxylic acid groups (broad SMARTS) is 1. The van der Waals surface area contributed by atoms with Crippen molar-refractivity contribution in [2.24, 2.45) is 40.4 Å². The first-order valence-corrected chi connectivity index (χ1v) is 18.6. The van der Waals surface area contributed by atoms with Crippen molar-refractivity contribution in [3.05, 3.63) is 0 Å². The quantitative estimate of drug-likeness (QED) is 0.107. The van der Waals surface area contributed by atoms with Gasteiger partial charge in [-0.05, 0) is 102 Å². The molecule has 12 nitrogen and oxygen atoms in total. The van der Waals surface area contributed by atoms with Crippen LogP contribution in [0.1, 0.15) is 89.9 Å². The van der Waals surface area contributed by atoms with Crippen molar-refractivity contribution in [3.8, 4) is 0 Å². The van der Waals surface area contributed by atoms with Crippen LogP contribution in [-0.4, -0.2) is 101 Å². The van der Waals surface area contributed by atoms with Crippen molar-refractivity contribution in [2.45, 2.75) is 126 Å². The first-order chi connectivity index (χ1) is 23.4. The molecule has 2 aliphatic heterocycles. The molecule has 16 heteroatoms. The fourth-order valence-corrected chi connectivity index (χ4v) is 9.04. The zero-order valence-corrected chi connectivity index (χ0v) is 28.9. The standard InChI is InChI=1S/C33H54ClF3N8O4/c34-27-9-7-20(14-26(27)33(35,36)37)17-39-42-31(47)25-16-24(44-11-2-1-3-12-44)8-10-29(25)40-30(46)22-6-4-5-21(13-22)18-45-19-23(41-43-45)15-28(38)32(48)49/h17,20-29,41,43H,1-16,18-19,38H2,(H,40,46)(H,42,47)(H,48,49)/b39-17+. The number of hydrogen-bond donors (Lipinski definition) is 6. The second-order valence-electron chi connectivity index (χ2n) is 15.0. The number of carboxylic acids is 1. The summed E-state index contributed by atoms with van der Waals surface area (Å²) in [5.74, 6) is -3.80.